The minimum absolute atomic E-state index is 0.210. The van der Waals surface area contributed by atoms with Gasteiger partial charge in [0.1, 0.15) is 0 Å². The van der Waals surface area contributed by atoms with Crippen LogP contribution >= 0.6 is 0 Å². The molecule has 0 spiro atoms. The van der Waals surface area contributed by atoms with Crippen LogP contribution in [0.25, 0.3) is 0 Å². The molecule has 1 N–H and O–H groups in total. The lowest BCUT2D eigenvalue weighted by Gasteiger charge is -2.44. The zero-order chi connectivity index (χ0) is 15.6. The van der Waals surface area contributed by atoms with E-state index in [1.807, 2.05) is 19.2 Å². The van der Waals surface area contributed by atoms with Gasteiger partial charge in [-0.15, -0.1) is 0 Å². The molecule has 1 aromatic carbocycles. The van der Waals surface area contributed by atoms with E-state index >= 15 is 0 Å². The lowest BCUT2D eigenvalue weighted by molar-refractivity contribution is 0.148. The van der Waals surface area contributed by atoms with Crippen molar-refractivity contribution in [2.24, 2.45) is 11.8 Å². The third kappa shape index (κ3) is 3.08. The Bertz CT molecular complexity index is 486. The Labute approximate surface area is 128 Å². The van der Waals surface area contributed by atoms with Gasteiger partial charge in [0.25, 0.3) is 0 Å². The first kappa shape index (κ1) is 16.3. The monoisotopic (exact) mass is 293 g/mol. The number of rotatable bonds is 4. The van der Waals surface area contributed by atoms with E-state index < -0.39 is 0 Å². The molecule has 0 amide bonds. The topological polar surface area (TPSA) is 21.3 Å². The molecule has 1 fully saturated rings. The highest BCUT2D eigenvalue weighted by atomic mass is 19.1. The second-order valence-corrected chi connectivity index (χ2v) is 6.96. The van der Waals surface area contributed by atoms with Crippen LogP contribution in [0.15, 0.2) is 18.2 Å². The van der Waals surface area contributed by atoms with Crippen molar-refractivity contribution in [1.82, 2.24) is 5.32 Å². The molecule has 1 saturated carbocycles. The first-order valence-corrected chi connectivity index (χ1v) is 7.92. The van der Waals surface area contributed by atoms with Gasteiger partial charge in [0.05, 0.1) is 7.11 Å². The van der Waals surface area contributed by atoms with Crippen LogP contribution in [0.2, 0.25) is 0 Å². The molecule has 1 aliphatic carbocycles. The summed E-state index contributed by atoms with van der Waals surface area (Å²) >= 11 is 0. The van der Waals surface area contributed by atoms with Gasteiger partial charge in [-0.1, -0.05) is 39.3 Å². The summed E-state index contributed by atoms with van der Waals surface area (Å²) in [6, 6.07) is 5.92. The largest absolute Gasteiger partial charge is 0.494 e. The molecule has 0 aromatic heterocycles. The summed E-state index contributed by atoms with van der Waals surface area (Å²) in [5.74, 6) is 1.30. The summed E-state index contributed by atoms with van der Waals surface area (Å²) in [6.45, 7) is 6.63. The Balaban J connectivity index is 2.36. The van der Waals surface area contributed by atoms with Gasteiger partial charge in [-0.3, -0.25) is 0 Å². The minimum Gasteiger partial charge on any atom is -0.494 e. The van der Waals surface area contributed by atoms with Gasteiger partial charge < -0.3 is 10.1 Å². The maximum atomic E-state index is 14.7. The highest BCUT2D eigenvalue weighted by Gasteiger charge is 2.41. The van der Waals surface area contributed by atoms with Crippen molar-refractivity contribution >= 4 is 0 Å². The predicted octanol–water partition coefficient (Wildman–Crippen LogP) is 4.14. The van der Waals surface area contributed by atoms with E-state index in [1.54, 1.807) is 6.07 Å². The third-order valence-corrected chi connectivity index (χ3v) is 5.29. The van der Waals surface area contributed by atoms with Gasteiger partial charge in [-0.05, 0) is 48.8 Å². The van der Waals surface area contributed by atoms with E-state index in [-0.39, 0.29) is 11.2 Å². The number of methoxy groups -OCH3 is 1. The van der Waals surface area contributed by atoms with E-state index in [2.05, 4.69) is 26.1 Å². The molecular formula is C18H28FNO. The van der Waals surface area contributed by atoms with Gasteiger partial charge in [0.15, 0.2) is 11.6 Å². The quantitative estimate of drug-likeness (QED) is 0.901. The summed E-state index contributed by atoms with van der Waals surface area (Å²) in [5, 5.41) is 3.45. The second kappa shape index (κ2) is 6.35. The molecule has 0 saturated heterocycles. The van der Waals surface area contributed by atoms with Crippen LogP contribution in [0.3, 0.4) is 0 Å². The molecule has 118 valence electrons. The van der Waals surface area contributed by atoms with Gasteiger partial charge in [0.2, 0.25) is 0 Å². The zero-order valence-corrected chi connectivity index (χ0v) is 13.9. The van der Waals surface area contributed by atoms with Crippen molar-refractivity contribution in [3.8, 4) is 5.75 Å². The van der Waals surface area contributed by atoms with Crippen molar-refractivity contribution in [3.63, 3.8) is 0 Å². The highest BCUT2D eigenvalue weighted by Crippen LogP contribution is 2.44. The Hall–Kier alpha value is -1.09. The van der Waals surface area contributed by atoms with Crippen molar-refractivity contribution in [3.05, 3.63) is 29.6 Å². The van der Waals surface area contributed by atoms with Crippen LogP contribution in [-0.2, 0) is 5.41 Å². The van der Waals surface area contributed by atoms with Crippen molar-refractivity contribution in [2.75, 3.05) is 14.2 Å². The molecule has 3 atom stereocenters. The van der Waals surface area contributed by atoms with Crippen LogP contribution in [-0.4, -0.2) is 20.2 Å². The smallest absolute Gasteiger partial charge is 0.168 e. The number of hydrogen-bond acceptors (Lipinski definition) is 2. The van der Waals surface area contributed by atoms with Gasteiger partial charge >= 0.3 is 0 Å². The maximum absolute atomic E-state index is 14.7. The predicted molar refractivity (Wildman–Crippen MR) is 85.3 cm³/mol. The molecule has 2 nitrogen and oxygen atoms in total. The Kier molecular flexibility index (Phi) is 4.92. The zero-order valence-electron chi connectivity index (χ0n) is 13.9. The molecule has 1 aliphatic rings. The first-order valence-electron chi connectivity index (χ1n) is 7.92. The number of ether oxygens (including phenoxy) is 1. The molecular weight excluding hydrogens is 265 g/mol. The average Bonchev–Trinajstić information content (AvgIpc) is 2.46. The van der Waals surface area contributed by atoms with E-state index in [9.17, 15) is 4.39 Å². The molecule has 0 radical (unpaired) electrons. The Morgan fingerprint density at radius 3 is 2.62 bits per heavy atom. The molecule has 21 heavy (non-hydrogen) atoms. The van der Waals surface area contributed by atoms with Crippen molar-refractivity contribution < 1.29 is 9.13 Å². The fourth-order valence-electron chi connectivity index (χ4n) is 3.93. The normalized spacial score (nSPS) is 26.7. The molecule has 2 rings (SSSR count). The third-order valence-electron chi connectivity index (χ3n) is 5.29. The van der Waals surface area contributed by atoms with Crippen LogP contribution in [0.5, 0.6) is 5.75 Å². The van der Waals surface area contributed by atoms with Crippen LogP contribution < -0.4 is 10.1 Å². The van der Waals surface area contributed by atoms with Crippen molar-refractivity contribution in [2.45, 2.75) is 51.5 Å². The molecule has 0 heterocycles. The standard InChI is InChI=1S/C18H28FNO/c1-12-9-10-13(15(11-12)20-4)18(2,3)14-7-6-8-16(21-5)17(14)19/h6-8,12-13,15,20H,9-11H2,1-5H3. The number of benzene rings is 1. The first-order chi connectivity index (χ1) is 9.91. The molecule has 3 heteroatoms. The van der Waals surface area contributed by atoms with Gasteiger partial charge in [0, 0.05) is 6.04 Å². The van der Waals surface area contributed by atoms with E-state index in [0.29, 0.717) is 17.7 Å². The van der Waals surface area contributed by atoms with E-state index in [0.717, 1.165) is 24.3 Å². The Morgan fingerprint density at radius 2 is 2.00 bits per heavy atom. The lowest BCUT2D eigenvalue weighted by atomic mass is 9.63. The molecule has 0 aliphatic heterocycles. The average molecular weight is 293 g/mol. The molecule has 3 unspecified atom stereocenters. The fourth-order valence-corrected chi connectivity index (χ4v) is 3.93. The Morgan fingerprint density at radius 1 is 1.29 bits per heavy atom. The summed E-state index contributed by atoms with van der Waals surface area (Å²) < 4.78 is 19.8. The highest BCUT2D eigenvalue weighted by molar-refractivity contribution is 5.36. The van der Waals surface area contributed by atoms with E-state index in [1.165, 1.54) is 13.5 Å². The minimum atomic E-state index is -0.216. The fraction of sp³-hybridized carbons (Fsp3) is 0.667. The summed E-state index contributed by atoms with van der Waals surface area (Å²) in [5.41, 5.74) is 0.550. The van der Waals surface area contributed by atoms with Gasteiger partial charge in [-0.25, -0.2) is 4.39 Å². The van der Waals surface area contributed by atoms with E-state index in [4.69, 9.17) is 4.74 Å². The number of halogens is 1. The van der Waals surface area contributed by atoms with Gasteiger partial charge in [-0.2, -0.15) is 0 Å². The van der Waals surface area contributed by atoms with Crippen LogP contribution in [0.4, 0.5) is 4.39 Å². The summed E-state index contributed by atoms with van der Waals surface area (Å²) in [7, 11) is 3.54. The summed E-state index contributed by atoms with van der Waals surface area (Å²) in [6.07, 6.45) is 3.52. The van der Waals surface area contributed by atoms with Crippen molar-refractivity contribution in [1.29, 1.82) is 0 Å². The number of nitrogens with one attached hydrogen (secondary N) is 1. The van der Waals surface area contributed by atoms with Crippen LogP contribution in [0.1, 0.15) is 45.6 Å². The molecule has 0 bridgehead atoms. The number of hydrogen-bond donors (Lipinski definition) is 1. The SMILES string of the molecule is CNC1CC(C)CCC1C(C)(C)c1cccc(OC)c1F. The second-order valence-electron chi connectivity index (χ2n) is 6.96. The molecule has 1 aromatic rings. The van der Waals surface area contributed by atoms with Crippen LogP contribution in [0, 0.1) is 17.7 Å². The summed E-state index contributed by atoms with van der Waals surface area (Å²) in [4.78, 5) is 0. The maximum Gasteiger partial charge on any atom is 0.168 e. The lowest BCUT2D eigenvalue weighted by Crippen LogP contribution is -2.47.